The minimum atomic E-state index is -0.396. The van der Waals surface area contributed by atoms with Crippen molar-refractivity contribution in [2.24, 2.45) is 5.41 Å². The number of esters is 1. The van der Waals surface area contributed by atoms with E-state index in [1.807, 2.05) is 26.8 Å². The molecular formula is C13H23NO2. The SMILES string of the molecule is C=CC1(CC(=O)OC(C)(C)C)CCNCC1. The van der Waals surface area contributed by atoms with Gasteiger partial charge in [-0.1, -0.05) is 6.08 Å². The van der Waals surface area contributed by atoms with Crippen molar-refractivity contribution in [2.45, 2.75) is 45.6 Å². The van der Waals surface area contributed by atoms with E-state index in [9.17, 15) is 4.79 Å². The summed E-state index contributed by atoms with van der Waals surface area (Å²) in [5.41, 5.74) is -0.458. The Morgan fingerprint density at radius 2 is 2.00 bits per heavy atom. The number of allylic oxidation sites excluding steroid dienone is 1. The Kier molecular flexibility index (Phi) is 4.14. The van der Waals surface area contributed by atoms with E-state index in [4.69, 9.17) is 4.74 Å². The summed E-state index contributed by atoms with van der Waals surface area (Å²) in [4.78, 5) is 11.8. The molecule has 0 unspecified atom stereocenters. The summed E-state index contributed by atoms with van der Waals surface area (Å²) >= 11 is 0. The molecule has 0 aromatic rings. The molecule has 1 aliphatic heterocycles. The van der Waals surface area contributed by atoms with Crippen molar-refractivity contribution >= 4 is 5.97 Å². The fourth-order valence-corrected chi connectivity index (χ4v) is 2.04. The van der Waals surface area contributed by atoms with Crippen LogP contribution in [0.2, 0.25) is 0 Å². The number of carbonyl (C=O) groups excluding carboxylic acids is 1. The van der Waals surface area contributed by atoms with Crippen molar-refractivity contribution in [3.05, 3.63) is 12.7 Å². The molecule has 92 valence electrons. The molecule has 0 saturated carbocycles. The summed E-state index contributed by atoms with van der Waals surface area (Å²) in [5.74, 6) is -0.116. The second kappa shape index (κ2) is 5.00. The van der Waals surface area contributed by atoms with Crippen LogP contribution in [0.15, 0.2) is 12.7 Å². The van der Waals surface area contributed by atoms with Crippen molar-refractivity contribution in [3.8, 4) is 0 Å². The number of ether oxygens (including phenoxy) is 1. The lowest BCUT2D eigenvalue weighted by Crippen LogP contribution is -2.38. The summed E-state index contributed by atoms with van der Waals surface area (Å²) in [6.45, 7) is 11.5. The van der Waals surface area contributed by atoms with Crippen LogP contribution in [0, 0.1) is 5.41 Å². The molecule has 0 spiro atoms. The average Bonchev–Trinajstić information content (AvgIpc) is 2.16. The number of hydrogen-bond donors (Lipinski definition) is 1. The molecule has 0 aromatic heterocycles. The number of rotatable bonds is 3. The van der Waals surface area contributed by atoms with Crippen molar-refractivity contribution in [1.82, 2.24) is 5.32 Å². The van der Waals surface area contributed by atoms with Crippen molar-refractivity contribution < 1.29 is 9.53 Å². The Hall–Kier alpha value is -0.830. The molecule has 0 aliphatic carbocycles. The molecular weight excluding hydrogens is 202 g/mol. The molecule has 0 atom stereocenters. The van der Waals surface area contributed by atoms with E-state index in [1.165, 1.54) is 0 Å². The number of nitrogens with one attached hydrogen (secondary N) is 1. The van der Waals surface area contributed by atoms with Gasteiger partial charge in [-0.15, -0.1) is 6.58 Å². The van der Waals surface area contributed by atoms with Gasteiger partial charge in [0, 0.05) is 5.41 Å². The van der Waals surface area contributed by atoms with Crippen molar-refractivity contribution in [2.75, 3.05) is 13.1 Å². The summed E-state index contributed by atoms with van der Waals surface area (Å²) < 4.78 is 5.36. The van der Waals surface area contributed by atoms with E-state index < -0.39 is 5.60 Å². The second-order valence-corrected chi connectivity index (χ2v) is 5.58. The molecule has 0 amide bonds. The van der Waals surface area contributed by atoms with Crippen LogP contribution in [0.3, 0.4) is 0 Å². The Bertz CT molecular complexity index is 260. The zero-order valence-corrected chi connectivity index (χ0v) is 10.6. The minimum absolute atomic E-state index is 0.0619. The minimum Gasteiger partial charge on any atom is -0.460 e. The Morgan fingerprint density at radius 3 is 2.44 bits per heavy atom. The lowest BCUT2D eigenvalue weighted by atomic mass is 9.76. The van der Waals surface area contributed by atoms with Crippen LogP contribution in [0.5, 0.6) is 0 Å². The van der Waals surface area contributed by atoms with Gasteiger partial charge in [-0.25, -0.2) is 0 Å². The molecule has 1 N–H and O–H groups in total. The first kappa shape index (κ1) is 13.2. The molecule has 1 heterocycles. The van der Waals surface area contributed by atoms with Gasteiger partial charge < -0.3 is 10.1 Å². The highest BCUT2D eigenvalue weighted by Crippen LogP contribution is 2.34. The van der Waals surface area contributed by atoms with E-state index in [0.717, 1.165) is 25.9 Å². The number of piperidine rings is 1. The molecule has 1 aliphatic rings. The van der Waals surface area contributed by atoms with E-state index in [2.05, 4.69) is 11.9 Å². The summed E-state index contributed by atoms with van der Waals surface area (Å²) in [6, 6.07) is 0. The average molecular weight is 225 g/mol. The molecule has 0 aromatic carbocycles. The van der Waals surface area contributed by atoms with Gasteiger partial charge >= 0.3 is 5.97 Å². The smallest absolute Gasteiger partial charge is 0.307 e. The van der Waals surface area contributed by atoms with E-state index in [0.29, 0.717) is 6.42 Å². The quantitative estimate of drug-likeness (QED) is 0.591. The Labute approximate surface area is 98.2 Å². The van der Waals surface area contributed by atoms with Gasteiger partial charge in [0.25, 0.3) is 0 Å². The highest BCUT2D eigenvalue weighted by molar-refractivity contribution is 5.71. The predicted octanol–water partition coefficient (Wildman–Crippen LogP) is 2.27. The van der Waals surface area contributed by atoms with Crippen LogP contribution in [-0.4, -0.2) is 24.7 Å². The zero-order valence-electron chi connectivity index (χ0n) is 10.6. The fourth-order valence-electron chi connectivity index (χ4n) is 2.04. The zero-order chi connectivity index (χ0) is 12.2. The maximum absolute atomic E-state index is 11.8. The molecule has 16 heavy (non-hydrogen) atoms. The van der Waals surface area contributed by atoms with Gasteiger partial charge in [0.1, 0.15) is 5.60 Å². The topological polar surface area (TPSA) is 38.3 Å². The van der Waals surface area contributed by atoms with Crippen LogP contribution in [-0.2, 0) is 9.53 Å². The third-order valence-corrected chi connectivity index (χ3v) is 2.95. The van der Waals surface area contributed by atoms with Crippen LogP contribution < -0.4 is 5.32 Å². The largest absolute Gasteiger partial charge is 0.460 e. The van der Waals surface area contributed by atoms with Gasteiger partial charge in [-0.2, -0.15) is 0 Å². The van der Waals surface area contributed by atoms with Gasteiger partial charge in [0.2, 0.25) is 0 Å². The lowest BCUT2D eigenvalue weighted by molar-refractivity contribution is -0.157. The first-order valence-corrected chi connectivity index (χ1v) is 5.93. The van der Waals surface area contributed by atoms with E-state index >= 15 is 0 Å². The van der Waals surface area contributed by atoms with Gasteiger partial charge in [-0.3, -0.25) is 4.79 Å². The highest BCUT2D eigenvalue weighted by Gasteiger charge is 2.33. The third-order valence-electron chi connectivity index (χ3n) is 2.95. The van der Waals surface area contributed by atoms with Gasteiger partial charge in [-0.05, 0) is 46.7 Å². The standard InChI is InChI=1S/C13H23NO2/c1-5-13(6-8-14-9-7-13)10-11(15)16-12(2,3)4/h5,14H,1,6-10H2,2-4H3. The third kappa shape index (κ3) is 3.97. The maximum atomic E-state index is 11.8. The fraction of sp³-hybridized carbons (Fsp3) is 0.769. The van der Waals surface area contributed by atoms with E-state index in [1.54, 1.807) is 0 Å². The lowest BCUT2D eigenvalue weighted by Gasteiger charge is -2.34. The molecule has 1 rings (SSSR count). The van der Waals surface area contributed by atoms with Crippen molar-refractivity contribution in [1.29, 1.82) is 0 Å². The van der Waals surface area contributed by atoms with Crippen LogP contribution in [0.4, 0.5) is 0 Å². The first-order chi connectivity index (χ1) is 7.37. The molecule has 0 bridgehead atoms. The van der Waals surface area contributed by atoms with Gasteiger partial charge in [0.15, 0.2) is 0 Å². The monoisotopic (exact) mass is 225 g/mol. The normalized spacial score (nSPS) is 20.2. The summed E-state index contributed by atoms with van der Waals surface area (Å²) in [7, 11) is 0. The molecule has 1 saturated heterocycles. The summed E-state index contributed by atoms with van der Waals surface area (Å²) in [6.07, 6.45) is 4.32. The van der Waals surface area contributed by atoms with Gasteiger partial charge in [0.05, 0.1) is 6.42 Å². The highest BCUT2D eigenvalue weighted by atomic mass is 16.6. The Balaban J connectivity index is 2.56. The molecule has 1 fully saturated rings. The van der Waals surface area contributed by atoms with Crippen LogP contribution >= 0.6 is 0 Å². The Morgan fingerprint density at radius 1 is 1.44 bits per heavy atom. The number of carbonyl (C=O) groups is 1. The first-order valence-electron chi connectivity index (χ1n) is 5.93. The van der Waals surface area contributed by atoms with Crippen LogP contribution in [0.1, 0.15) is 40.0 Å². The van der Waals surface area contributed by atoms with Crippen molar-refractivity contribution in [3.63, 3.8) is 0 Å². The predicted molar refractivity (Wildman–Crippen MR) is 65.2 cm³/mol. The molecule has 3 nitrogen and oxygen atoms in total. The number of hydrogen-bond acceptors (Lipinski definition) is 3. The van der Waals surface area contributed by atoms with E-state index in [-0.39, 0.29) is 11.4 Å². The molecule has 0 radical (unpaired) electrons. The maximum Gasteiger partial charge on any atom is 0.307 e. The summed E-state index contributed by atoms with van der Waals surface area (Å²) in [5, 5.41) is 3.30. The van der Waals surface area contributed by atoms with Crippen LogP contribution in [0.25, 0.3) is 0 Å². The molecule has 3 heteroatoms. The second-order valence-electron chi connectivity index (χ2n) is 5.58.